The summed E-state index contributed by atoms with van der Waals surface area (Å²) in [6.07, 6.45) is 0. The van der Waals surface area contributed by atoms with Crippen molar-refractivity contribution in [2.75, 3.05) is 25.5 Å². The Morgan fingerprint density at radius 3 is 2.09 bits per heavy atom. The molecule has 5 nitrogen and oxygen atoms in total. The molecule has 0 aliphatic rings. The standard InChI is InChI=1S/C17H20N2O3S/c1-14-9-11-15(12-10-14)19(3)17(20)13-18(2)23(21,22)16-7-5-4-6-8-16/h4-12H,13H2,1-3H3. The van der Waals surface area contributed by atoms with E-state index in [0.29, 0.717) is 0 Å². The van der Waals surface area contributed by atoms with Crippen molar-refractivity contribution in [2.45, 2.75) is 11.8 Å². The van der Waals surface area contributed by atoms with Crippen LogP contribution in [0.5, 0.6) is 0 Å². The van der Waals surface area contributed by atoms with Gasteiger partial charge in [0.05, 0.1) is 11.4 Å². The summed E-state index contributed by atoms with van der Waals surface area (Å²) in [7, 11) is -0.630. The van der Waals surface area contributed by atoms with E-state index in [2.05, 4.69) is 0 Å². The summed E-state index contributed by atoms with van der Waals surface area (Å²) in [5, 5.41) is 0. The molecule has 0 unspecified atom stereocenters. The molecular formula is C17H20N2O3S. The van der Waals surface area contributed by atoms with Crippen LogP contribution in [0.1, 0.15) is 5.56 Å². The normalized spacial score (nSPS) is 11.5. The van der Waals surface area contributed by atoms with Crippen LogP contribution in [-0.4, -0.2) is 39.3 Å². The highest BCUT2D eigenvalue weighted by Gasteiger charge is 2.24. The Hall–Kier alpha value is -2.18. The Morgan fingerprint density at radius 1 is 0.957 bits per heavy atom. The lowest BCUT2D eigenvalue weighted by Gasteiger charge is -2.22. The van der Waals surface area contributed by atoms with Crippen LogP contribution in [0.2, 0.25) is 0 Å². The molecule has 23 heavy (non-hydrogen) atoms. The van der Waals surface area contributed by atoms with Crippen LogP contribution in [0.3, 0.4) is 0 Å². The number of nitrogens with zero attached hydrogens (tertiary/aromatic N) is 2. The fraction of sp³-hybridized carbons (Fsp3) is 0.235. The van der Waals surface area contributed by atoms with E-state index in [9.17, 15) is 13.2 Å². The minimum absolute atomic E-state index is 0.174. The fourth-order valence-electron chi connectivity index (χ4n) is 2.07. The van der Waals surface area contributed by atoms with Gasteiger partial charge in [-0.2, -0.15) is 4.31 Å². The second-order valence-corrected chi connectivity index (χ2v) is 7.41. The molecule has 0 heterocycles. The zero-order valence-corrected chi connectivity index (χ0v) is 14.2. The van der Waals surface area contributed by atoms with Crippen molar-refractivity contribution in [3.05, 3.63) is 60.2 Å². The summed E-state index contributed by atoms with van der Waals surface area (Å²) in [6, 6.07) is 15.6. The van der Waals surface area contributed by atoms with Gasteiger partial charge in [0.25, 0.3) is 0 Å². The molecule has 0 N–H and O–H groups in total. The van der Waals surface area contributed by atoms with Crippen molar-refractivity contribution in [1.29, 1.82) is 0 Å². The number of hydrogen-bond donors (Lipinski definition) is 0. The zero-order valence-electron chi connectivity index (χ0n) is 13.4. The van der Waals surface area contributed by atoms with E-state index in [1.165, 1.54) is 24.1 Å². The number of anilines is 1. The highest BCUT2D eigenvalue weighted by atomic mass is 32.2. The summed E-state index contributed by atoms with van der Waals surface area (Å²) in [5.41, 5.74) is 1.82. The Bertz CT molecular complexity index is 771. The van der Waals surface area contributed by atoms with E-state index < -0.39 is 10.0 Å². The minimum atomic E-state index is -3.67. The number of rotatable bonds is 5. The van der Waals surface area contributed by atoms with Crippen LogP contribution in [-0.2, 0) is 14.8 Å². The average molecular weight is 332 g/mol. The van der Waals surface area contributed by atoms with Crippen LogP contribution < -0.4 is 4.90 Å². The van der Waals surface area contributed by atoms with Gasteiger partial charge in [0.1, 0.15) is 0 Å². The molecule has 0 saturated heterocycles. The van der Waals surface area contributed by atoms with Gasteiger partial charge in [-0.15, -0.1) is 0 Å². The van der Waals surface area contributed by atoms with Gasteiger partial charge in [0, 0.05) is 19.8 Å². The Balaban J connectivity index is 2.11. The quantitative estimate of drug-likeness (QED) is 0.844. The van der Waals surface area contributed by atoms with Gasteiger partial charge < -0.3 is 4.90 Å². The van der Waals surface area contributed by atoms with E-state index in [1.807, 2.05) is 31.2 Å². The molecule has 122 valence electrons. The lowest BCUT2D eigenvalue weighted by molar-refractivity contribution is -0.118. The highest BCUT2D eigenvalue weighted by molar-refractivity contribution is 7.89. The number of hydrogen-bond acceptors (Lipinski definition) is 3. The van der Waals surface area contributed by atoms with E-state index in [1.54, 1.807) is 25.2 Å². The van der Waals surface area contributed by atoms with Crippen molar-refractivity contribution in [1.82, 2.24) is 4.31 Å². The van der Waals surface area contributed by atoms with Gasteiger partial charge in [0.2, 0.25) is 15.9 Å². The second kappa shape index (κ2) is 6.93. The minimum Gasteiger partial charge on any atom is -0.314 e. The fourth-order valence-corrected chi connectivity index (χ4v) is 3.21. The largest absolute Gasteiger partial charge is 0.314 e. The van der Waals surface area contributed by atoms with Gasteiger partial charge >= 0.3 is 0 Å². The van der Waals surface area contributed by atoms with E-state index in [4.69, 9.17) is 0 Å². The first-order chi connectivity index (χ1) is 10.8. The third-order valence-corrected chi connectivity index (χ3v) is 5.42. The summed E-state index contributed by atoms with van der Waals surface area (Å²) in [6.45, 7) is 1.74. The molecule has 0 bridgehead atoms. The molecule has 2 rings (SSSR count). The topological polar surface area (TPSA) is 57.7 Å². The Morgan fingerprint density at radius 2 is 1.52 bits per heavy atom. The molecule has 0 saturated carbocycles. The lowest BCUT2D eigenvalue weighted by atomic mass is 10.2. The smallest absolute Gasteiger partial charge is 0.243 e. The SMILES string of the molecule is Cc1ccc(N(C)C(=O)CN(C)S(=O)(=O)c2ccccc2)cc1. The maximum Gasteiger partial charge on any atom is 0.243 e. The van der Waals surface area contributed by atoms with Gasteiger partial charge in [-0.05, 0) is 31.2 Å². The average Bonchev–Trinajstić information content (AvgIpc) is 2.55. The van der Waals surface area contributed by atoms with Crippen molar-refractivity contribution in [2.24, 2.45) is 0 Å². The second-order valence-electron chi connectivity index (χ2n) is 5.36. The molecular weight excluding hydrogens is 312 g/mol. The van der Waals surface area contributed by atoms with E-state index in [0.717, 1.165) is 15.6 Å². The lowest BCUT2D eigenvalue weighted by Crippen LogP contribution is -2.39. The third kappa shape index (κ3) is 3.97. The Labute approximate surface area is 137 Å². The summed E-state index contributed by atoms with van der Waals surface area (Å²) in [4.78, 5) is 14.0. The molecule has 0 fully saturated rings. The highest BCUT2D eigenvalue weighted by Crippen LogP contribution is 2.16. The number of likely N-dealkylation sites (N-methyl/N-ethyl adjacent to an activating group) is 2. The third-order valence-electron chi connectivity index (χ3n) is 3.60. The maximum absolute atomic E-state index is 12.4. The monoisotopic (exact) mass is 332 g/mol. The molecule has 0 spiro atoms. The predicted molar refractivity (Wildman–Crippen MR) is 90.8 cm³/mol. The number of benzene rings is 2. The molecule has 0 radical (unpaired) electrons. The zero-order chi connectivity index (χ0) is 17.0. The number of carbonyl (C=O) groups is 1. The van der Waals surface area contributed by atoms with Gasteiger partial charge in [0.15, 0.2) is 0 Å². The van der Waals surface area contributed by atoms with Crippen LogP contribution >= 0.6 is 0 Å². The van der Waals surface area contributed by atoms with Crippen LogP contribution in [0.4, 0.5) is 5.69 Å². The van der Waals surface area contributed by atoms with Crippen molar-refractivity contribution >= 4 is 21.6 Å². The van der Waals surface area contributed by atoms with E-state index in [-0.39, 0.29) is 17.3 Å². The molecule has 0 aliphatic carbocycles. The van der Waals surface area contributed by atoms with Gasteiger partial charge in [-0.1, -0.05) is 35.9 Å². The summed E-state index contributed by atoms with van der Waals surface area (Å²) in [5.74, 6) is -0.296. The molecule has 2 aromatic carbocycles. The molecule has 0 aromatic heterocycles. The number of carbonyl (C=O) groups excluding carboxylic acids is 1. The van der Waals surface area contributed by atoms with Crippen molar-refractivity contribution in [3.8, 4) is 0 Å². The number of amides is 1. The van der Waals surface area contributed by atoms with Crippen molar-refractivity contribution in [3.63, 3.8) is 0 Å². The van der Waals surface area contributed by atoms with Gasteiger partial charge in [-0.25, -0.2) is 8.42 Å². The maximum atomic E-state index is 12.4. The molecule has 1 amide bonds. The molecule has 0 atom stereocenters. The molecule has 6 heteroatoms. The number of aryl methyl sites for hydroxylation is 1. The summed E-state index contributed by atoms with van der Waals surface area (Å²) >= 11 is 0. The summed E-state index contributed by atoms with van der Waals surface area (Å²) < 4.78 is 25.9. The van der Waals surface area contributed by atoms with Crippen molar-refractivity contribution < 1.29 is 13.2 Å². The molecule has 0 aliphatic heterocycles. The first-order valence-electron chi connectivity index (χ1n) is 7.17. The Kier molecular flexibility index (Phi) is 5.18. The first kappa shape index (κ1) is 17.2. The van der Waals surface area contributed by atoms with E-state index >= 15 is 0 Å². The number of sulfonamides is 1. The van der Waals surface area contributed by atoms with Crippen LogP contribution in [0.25, 0.3) is 0 Å². The predicted octanol–water partition coefficient (Wildman–Crippen LogP) is 2.28. The van der Waals surface area contributed by atoms with Crippen LogP contribution in [0, 0.1) is 6.92 Å². The van der Waals surface area contributed by atoms with Gasteiger partial charge in [-0.3, -0.25) is 4.79 Å². The first-order valence-corrected chi connectivity index (χ1v) is 8.61. The molecule has 2 aromatic rings. The van der Waals surface area contributed by atoms with Crippen LogP contribution in [0.15, 0.2) is 59.5 Å².